The molecule has 2 aromatic heterocycles. The van der Waals surface area contributed by atoms with E-state index in [1.165, 1.54) is 5.38 Å². The van der Waals surface area contributed by atoms with Gasteiger partial charge in [0.25, 0.3) is 5.91 Å². The lowest BCUT2D eigenvalue weighted by atomic mass is 10.3. The Kier molecular flexibility index (Phi) is 4.46. The van der Waals surface area contributed by atoms with Crippen LogP contribution in [0.3, 0.4) is 0 Å². The maximum atomic E-state index is 11.9. The highest BCUT2D eigenvalue weighted by atomic mass is 32.1. The third-order valence-electron chi connectivity index (χ3n) is 2.40. The van der Waals surface area contributed by atoms with Crippen LogP contribution in [0.5, 0.6) is 0 Å². The minimum Gasteiger partial charge on any atom is -0.461 e. The summed E-state index contributed by atoms with van der Waals surface area (Å²) in [5.41, 5.74) is 1.10. The monoisotopic (exact) mass is 294 g/mol. The minimum atomic E-state index is -0.510. The molecular formula is C12H14N4O3S. The number of hydrogen-bond donors (Lipinski definition) is 1. The summed E-state index contributed by atoms with van der Waals surface area (Å²) < 4.78 is 6.48. The van der Waals surface area contributed by atoms with Crippen molar-refractivity contribution in [2.75, 3.05) is 6.61 Å². The molecule has 0 aliphatic heterocycles. The van der Waals surface area contributed by atoms with Crippen LogP contribution in [0.1, 0.15) is 32.8 Å². The van der Waals surface area contributed by atoms with E-state index in [0.29, 0.717) is 6.54 Å². The second-order valence-electron chi connectivity index (χ2n) is 3.96. The van der Waals surface area contributed by atoms with Gasteiger partial charge in [0.1, 0.15) is 5.69 Å². The van der Waals surface area contributed by atoms with E-state index >= 15 is 0 Å². The normalized spacial score (nSPS) is 10.3. The molecule has 0 fully saturated rings. The quantitative estimate of drug-likeness (QED) is 0.831. The largest absolute Gasteiger partial charge is 0.461 e. The standard InChI is InChI=1S/C12H14N4O3S/c1-3-19-12(18)11-15-9(7-20-11)10(17)13-4-8-5-14-16(2)6-8/h5-7H,3-4H2,1-2H3,(H,13,17). The Morgan fingerprint density at radius 2 is 2.30 bits per heavy atom. The molecule has 0 saturated carbocycles. The molecule has 0 aliphatic carbocycles. The van der Waals surface area contributed by atoms with E-state index in [1.807, 2.05) is 6.20 Å². The molecule has 2 aromatic rings. The first-order valence-corrected chi connectivity index (χ1v) is 6.86. The number of aromatic nitrogens is 3. The highest BCUT2D eigenvalue weighted by molar-refractivity contribution is 7.11. The lowest BCUT2D eigenvalue weighted by Crippen LogP contribution is -2.23. The number of rotatable bonds is 5. The van der Waals surface area contributed by atoms with Gasteiger partial charge in [-0.15, -0.1) is 11.3 Å². The molecule has 8 heteroatoms. The number of nitrogens with one attached hydrogen (secondary N) is 1. The number of carbonyl (C=O) groups is 2. The van der Waals surface area contributed by atoms with Gasteiger partial charge in [0, 0.05) is 30.7 Å². The number of thiazole rings is 1. The topological polar surface area (TPSA) is 86.1 Å². The summed E-state index contributed by atoms with van der Waals surface area (Å²) in [5.74, 6) is -0.843. The van der Waals surface area contributed by atoms with Crippen LogP contribution in [-0.4, -0.2) is 33.2 Å². The van der Waals surface area contributed by atoms with Gasteiger partial charge in [-0.1, -0.05) is 0 Å². The van der Waals surface area contributed by atoms with Crippen molar-refractivity contribution in [1.29, 1.82) is 0 Å². The van der Waals surface area contributed by atoms with Gasteiger partial charge in [0.05, 0.1) is 12.8 Å². The maximum Gasteiger partial charge on any atom is 0.367 e. The van der Waals surface area contributed by atoms with Gasteiger partial charge in [-0.05, 0) is 6.92 Å². The van der Waals surface area contributed by atoms with Crippen LogP contribution in [0.2, 0.25) is 0 Å². The summed E-state index contributed by atoms with van der Waals surface area (Å²) in [6.45, 7) is 2.35. The first kappa shape index (κ1) is 14.2. The average Bonchev–Trinajstić information content (AvgIpc) is 3.05. The second-order valence-corrected chi connectivity index (χ2v) is 4.82. The van der Waals surface area contributed by atoms with Crippen molar-refractivity contribution in [2.45, 2.75) is 13.5 Å². The molecular weight excluding hydrogens is 280 g/mol. The molecule has 0 aromatic carbocycles. The van der Waals surface area contributed by atoms with Crippen LogP contribution in [0.4, 0.5) is 0 Å². The Morgan fingerprint density at radius 3 is 2.95 bits per heavy atom. The van der Waals surface area contributed by atoms with E-state index in [9.17, 15) is 9.59 Å². The Hall–Kier alpha value is -2.22. The summed E-state index contributed by atoms with van der Waals surface area (Å²) in [6, 6.07) is 0. The fourth-order valence-corrected chi connectivity index (χ4v) is 2.19. The Balaban J connectivity index is 1.94. The first-order valence-electron chi connectivity index (χ1n) is 5.98. The third kappa shape index (κ3) is 3.41. The first-order chi connectivity index (χ1) is 9.60. The fraction of sp³-hybridized carbons (Fsp3) is 0.333. The summed E-state index contributed by atoms with van der Waals surface area (Å²) in [4.78, 5) is 27.3. The number of hydrogen-bond acceptors (Lipinski definition) is 6. The van der Waals surface area contributed by atoms with E-state index in [0.717, 1.165) is 16.9 Å². The van der Waals surface area contributed by atoms with Gasteiger partial charge >= 0.3 is 5.97 Å². The molecule has 0 atom stereocenters. The number of esters is 1. The second kappa shape index (κ2) is 6.29. The predicted molar refractivity (Wildman–Crippen MR) is 72.4 cm³/mol. The zero-order valence-corrected chi connectivity index (χ0v) is 11.9. The molecule has 2 rings (SSSR count). The van der Waals surface area contributed by atoms with E-state index in [1.54, 1.807) is 24.9 Å². The van der Waals surface area contributed by atoms with Gasteiger partial charge in [-0.3, -0.25) is 9.48 Å². The van der Waals surface area contributed by atoms with E-state index in [4.69, 9.17) is 4.74 Å². The highest BCUT2D eigenvalue weighted by Gasteiger charge is 2.16. The van der Waals surface area contributed by atoms with Crippen molar-refractivity contribution in [3.05, 3.63) is 34.0 Å². The van der Waals surface area contributed by atoms with Crippen molar-refractivity contribution >= 4 is 23.2 Å². The van der Waals surface area contributed by atoms with E-state index in [2.05, 4.69) is 15.4 Å². The van der Waals surface area contributed by atoms with Crippen molar-refractivity contribution < 1.29 is 14.3 Å². The van der Waals surface area contributed by atoms with Gasteiger partial charge in [0.15, 0.2) is 0 Å². The SMILES string of the molecule is CCOC(=O)c1nc(C(=O)NCc2cnn(C)c2)cs1. The van der Waals surface area contributed by atoms with Crippen LogP contribution < -0.4 is 5.32 Å². The summed E-state index contributed by atoms with van der Waals surface area (Å²) in [7, 11) is 1.80. The molecule has 7 nitrogen and oxygen atoms in total. The van der Waals surface area contributed by atoms with Crippen LogP contribution in [0.25, 0.3) is 0 Å². The molecule has 0 spiro atoms. The molecule has 0 unspecified atom stereocenters. The van der Waals surface area contributed by atoms with Crippen molar-refractivity contribution in [1.82, 2.24) is 20.1 Å². The molecule has 1 amide bonds. The summed E-state index contributed by atoms with van der Waals surface area (Å²) in [6.07, 6.45) is 3.48. The number of nitrogens with zero attached hydrogens (tertiary/aromatic N) is 3. The summed E-state index contributed by atoms with van der Waals surface area (Å²) >= 11 is 1.09. The van der Waals surface area contributed by atoms with Gasteiger partial charge < -0.3 is 10.1 Å². The average molecular weight is 294 g/mol. The Morgan fingerprint density at radius 1 is 1.50 bits per heavy atom. The Labute approximate surface area is 119 Å². The molecule has 0 bridgehead atoms. The molecule has 106 valence electrons. The zero-order chi connectivity index (χ0) is 14.5. The number of ether oxygens (including phenoxy) is 1. The summed E-state index contributed by atoms with van der Waals surface area (Å²) in [5, 5.41) is 8.43. The van der Waals surface area contributed by atoms with E-state index in [-0.39, 0.29) is 23.2 Å². The smallest absolute Gasteiger partial charge is 0.367 e. The van der Waals surface area contributed by atoms with Crippen LogP contribution in [-0.2, 0) is 18.3 Å². The molecule has 0 saturated heterocycles. The molecule has 1 N–H and O–H groups in total. The van der Waals surface area contributed by atoms with Gasteiger partial charge in [-0.2, -0.15) is 5.10 Å². The van der Waals surface area contributed by atoms with Gasteiger partial charge in [0.2, 0.25) is 5.01 Å². The maximum absolute atomic E-state index is 11.9. The van der Waals surface area contributed by atoms with Crippen LogP contribution in [0.15, 0.2) is 17.8 Å². The number of carbonyl (C=O) groups excluding carboxylic acids is 2. The fourth-order valence-electron chi connectivity index (χ4n) is 1.50. The molecule has 20 heavy (non-hydrogen) atoms. The van der Waals surface area contributed by atoms with Crippen molar-refractivity contribution in [3.8, 4) is 0 Å². The Bertz CT molecular complexity index is 620. The molecule has 2 heterocycles. The lowest BCUT2D eigenvalue weighted by Gasteiger charge is -2.00. The molecule has 0 radical (unpaired) electrons. The van der Waals surface area contributed by atoms with Crippen LogP contribution >= 0.6 is 11.3 Å². The minimum absolute atomic E-state index is 0.179. The zero-order valence-electron chi connectivity index (χ0n) is 11.1. The van der Waals surface area contributed by atoms with Crippen molar-refractivity contribution in [3.63, 3.8) is 0 Å². The van der Waals surface area contributed by atoms with Gasteiger partial charge in [-0.25, -0.2) is 9.78 Å². The number of amides is 1. The highest BCUT2D eigenvalue weighted by Crippen LogP contribution is 2.11. The third-order valence-corrected chi connectivity index (χ3v) is 3.22. The van der Waals surface area contributed by atoms with Crippen LogP contribution in [0, 0.1) is 0 Å². The predicted octanol–water partition coefficient (Wildman–Crippen LogP) is 0.983. The molecule has 0 aliphatic rings. The van der Waals surface area contributed by atoms with E-state index < -0.39 is 5.97 Å². The van der Waals surface area contributed by atoms with Crippen molar-refractivity contribution in [2.24, 2.45) is 7.05 Å². The number of aryl methyl sites for hydroxylation is 1. The lowest BCUT2D eigenvalue weighted by molar-refractivity contribution is 0.0526.